The van der Waals surface area contributed by atoms with E-state index >= 15 is 0 Å². The number of amides is 1. The molecule has 220 valence electrons. The molecular weight excluding hydrogens is 564 g/mol. The average molecular weight is 590 g/mol. The minimum Gasteiger partial charge on any atom is -0.497 e. The van der Waals surface area contributed by atoms with Crippen LogP contribution in [0.15, 0.2) is 103 Å². The Bertz CT molecular complexity index is 1450. The van der Waals surface area contributed by atoms with Crippen LogP contribution in [-0.4, -0.2) is 32.3 Å². The zero-order chi connectivity index (χ0) is 30.4. The highest BCUT2D eigenvalue weighted by Crippen LogP contribution is 2.40. The van der Waals surface area contributed by atoms with Crippen LogP contribution in [0.25, 0.3) is 0 Å². The Balaban J connectivity index is 1.87. The summed E-state index contributed by atoms with van der Waals surface area (Å²) in [4.78, 5) is 13.3. The van der Waals surface area contributed by atoms with Gasteiger partial charge in [-0.2, -0.15) is 0 Å². The van der Waals surface area contributed by atoms with Gasteiger partial charge in [-0.25, -0.2) is 0 Å². The SMILES string of the molecule is COc1cccc(C(=O)NCC(Cc2ccccc2)(c2cccc(OC(F)(F)F)c2)c2cccc(OC(F)(F)F)c2)c1. The molecule has 4 aromatic rings. The van der Waals surface area contributed by atoms with Crippen LogP contribution >= 0.6 is 0 Å². The minimum absolute atomic E-state index is 0.0805. The summed E-state index contributed by atoms with van der Waals surface area (Å²) < 4.78 is 92.3. The number of ether oxygens (including phenoxy) is 3. The second-order valence-corrected chi connectivity index (χ2v) is 9.31. The monoisotopic (exact) mass is 589 g/mol. The van der Waals surface area contributed by atoms with E-state index in [4.69, 9.17) is 4.74 Å². The quantitative estimate of drug-likeness (QED) is 0.195. The summed E-state index contributed by atoms with van der Waals surface area (Å²) >= 11 is 0. The summed E-state index contributed by atoms with van der Waals surface area (Å²) in [6.07, 6.45) is -9.89. The number of halogens is 6. The van der Waals surface area contributed by atoms with Crippen molar-refractivity contribution < 1.29 is 45.3 Å². The first-order valence-corrected chi connectivity index (χ1v) is 12.6. The van der Waals surface area contributed by atoms with Gasteiger partial charge in [-0.3, -0.25) is 4.79 Å². The number of rotatable bonds is 10. The van der Waals surface area contributed by atoms with Gasteiger partial charge < -0.3 is 19.5 Å². The molecule has 42 heavy (non-hydrogen) atoms. The van der Waals surface area contributed by atoms with Crippen molar-refractivity contribution in [1.29, 1.82) is 0 Å². The van der Waals surface area contributed by atoms with E-state index in [1.54, 1.807) is 48.5 Å². The van der Waals surface area contributed by atoms with Crippen molar-refractivity contribution >= 4 is 5.91 Å². The third-order valence-electron chi connectivity index (χ3n) is 6.47. The maximum Gasteiger partial charge on any atom is 0.573 e. The second-order valence-electron chi connectivity index (χ2n) is 9.31. The summed E-state index contributed by atoms with van der Waals surface area (Å²) in [6, 6.07) is 25.4. The number of alkyl halides is 6. The standard InChI is InChI=1S/C31H25F6NO4/c1-40-25-13-5-10-22(16-25)28(39)38-20-29(19-21-8-3-2-4-9-21,23-11-6-14-26(17-23)41-30(32,33)34)24-12-7-15-27(18-24)42-31(35,36)37/h2-18H,19-20H2,1H3,(H,38,39). The first-order valence-electron chi connectivity index (χ1n) is 12.6. The van der Waals surface area contributed by atoms with Crippen LogP contribution in [0, 0.1) is 0 Å². The van der Waals surface area contributed by atoms with Crippen LogP contribution in [-0.2, 0) is 11.8 Å². The molecule has 0 aromatic heterocycles. The fraction of sp³-hybridized carbons (Fsp3) is 0.194. The molecule has 1 N–H and O–H groups in total. The number of hydrogen-bond donors (Lipinski definition) is 1. The number of nitrogens with one attached hydrogen (secondary N) is 1. The van der Waals surface area contributed by atoms with Gasteiger partial charge in [0.2, 0.25) is 0 Å². The van der Waals surface area contributed by atoms with Gasteiger partial charge in [-0.1, -0.05) is 60.7 Å². The highest BCUT2D eigenvalue weighted by molar-refractivity contribution is 5.94. The lowest BCUT2D eigenvalue weighted by Crippen LogP contribution is -2.43. The van der Waals surface area contributed by atoms with Gasteiger partial charge in [0.1, 0.15) is 17.2 Å². The van der Waals surface area contributed by atoms with Gasteiger partial charge in [0.15, 0.2) is 0 Å². The lowest BCUT2D eigenvalue weighted by Gasteiger charge is -2.36. The van der Waals surface area contributed by atoms with E-state index in [-0.39, 0.29) is 29.7 Å². The molecule has 0 saturated heterocycles. The summed E-state index contributed by atoms with van der Waals surface area (Å²) in [7, 11) is 1.44. The normalized spacial score (nSPS) is 12.0. The number of methoxy groups -OCH3 is 1. The highest BCUT2D eigenvalue weighted by atomic mass is 19.4. The molecule has 0 heterocycles. The molecule has 11 heteroatoms. The van der Waals surface area contributed by atoms with Crippen LogP contribution in [0.5, 0.6) is 17.2 Å². The van der Waals surface area contributed by atoms with Crippen molar-refractivity contribution in [2.24, 2.45) is 0 Å². The van der Waals surface area contributed by atoms with Crippen molar-refractivity contribution in [2.75, 3.05) is 13.7 Å². The van der Waals surface area contributed by atoms with E-state index in [1.165, 1.54) is 37.4 Å². The Morgan fingerprint density at radius 2 is 1.19 bits per heavy atom. The maximum absolute atomic E-state index is 13.3. The minimum atomic E-state index is -4.98. The van der Waals surface area contributed by atoms with Gasteiger partial charge in [0.25, 0.3) is 5.91 Å². The highest BCUT2D eigenvalue weighted by Gasteiger charge is 2.38. The van der Waals surface area contributed by atoms with Crippen molar-refractivity contribution in [2.45, 2.75) is 24.6 Å². The van der Waals surface area contributed by atoms with Crippen LogP contribution in [0.4, 0.5) is 26.3 Å². The average Bonchev–Trinajstić information content (AvgIpc) is 2.94. The third-order valence-corrected chi connectivity index (χ3v) is 6.47. The smallest absolute Gasteiger partial charge is 0.497 e. The molecule has 4 rings (SSSR count). The van der Waals surface area contributed by atoms with Gasteiger partial charge in [0.05, 0.1) is 7.11 Å². The predicted octanol–water partition coefficient (Wildman–Crippen LogP) is 7.45. The Morgan fingerprint density at radius 1 is 0.667 bits per heavy atom. The van der Waals surface area contributed by atoms with Crippen LogP contribution < -0.4 is 19.5 Å². The van der Waals surface area contributed by atoms with Crippen molar-refractivity contribution in [3.8, 4) is 17.2 Å². The number of carbonyl (C=O) groups excluding carboxylic acids is 1. The van der Waals surface area contributed by atoms with Gasteiger partial charge >= 0.3 is 12.7 Å². The second kappa shape index (κ2) is 12.5. The molecule has 5 nitrogen and oxygen atoms in total. The molecular formula is C31H25F6NO4. The van der Waals surface area contributed by atoms with Crippen LogP contribution in [0.3, 0.4) is 0 Å². The van der Waals surface area contributed by atoms with Crippen molar-refractivity contribution in [3.05, 3.63) is 125 Å². The summed E-state index contributed by atoms with van der Waals surface area (Å²) in [5, 5.41) is 2.82. The number of carbonyl (C=O) groups is 1. The molecule has 4 aromatic carbocycles. The summed E-state index contributed by atoms with van der Waals surface area (Å²) in [5.41, 5.74) is 0.0707. The lowest BCUT2D eigenvalue weighted by atomic mass is 9.70. The Hall–Kier alpha value is -4.67. The molecule has 0 atom stereocenters. The Kier molecular flexibility index (Phi) is 8.99. The number of benzene rings is 4. The Labute approximate surface area is 237 Å². The maximum atomic E-state index is 13.3. The molecule has 0 aliphatic carbocycles. The molecule has 0 fully saturated rings. The fourth-order valence-electron chi connectivity index (χ4n) is 4.66. The number of hydrogen-bond acceptors (Lipinski definition) is 4. The molecule has 0 aliphatic heterocycles. The van der Waals surface area contributed by atoms with E-state index in [1.807, 2.05) is 0 Å². The zero-order valence-corrected chi connectivity index (χ0v) is 22.1. The van der Waals surface area contributed by atoms with Crippen LogP contribution in [0.1, 0.15) is 27.0 Å². The Morgan fingerprint density at radius 3 is 1.71 bits per heavy atom. The topological polar surface area (TPSA) is 56.8 Å². The first kappa shape index (κ1) is 30.3. The third kappa shape index (κ3) is 7.96. The molecule has 0 aliphatic rings. The van der Waals surface area contributed by atoms with Crippen LogP contribution in [0.2, 0.25) is 0 Å². The van der Waals surface area contributed by atoms with E-state index in [2.05, 4.69) is 14.8 Å². The summed E-state index contributed by atoms with van der Waals surface area (Å²) in [6.45, 7) is -0.219. The molecule has 0 radical (unpaired) electrons. The molecule has 1 amide bonds. The lowest BCUT2D eigenvalue weighted by molar-refractivity contribution is -0.275. The predicted molar refractivity (Wildman–Crippen MR) is 143 cm³/mol. The summed E-state index contributed by atoms with van der Waals surface area (Å²) in [5.74, 6) is -1.16. The van der Waals surface area contributed by atoms with Crippen molar-refractivity contribution in [3.63, 3.8) is 0 Å². The van der Waals surface area contributed by atoms with E-state index in [0.29, 0.717) is 11.3 Å². The van der Waals surface area contributed by atoms with E-state index < -0.39 is 35.5 Å². The first-order chi connectivity index (χ1) is 19.9. The van der Waals surface area contributed by atoms with Gasteiger partial charge in [0, 0.05) is 17.5 Å². The molecule has 0 bridgehead atoms. The zero-order valence-electron chi connectivity index (χ0n) is 22.1. The largest absolute Gasteiger partial charge is 0.573 e. The van der Waals surface area contributed by atoms with Gasteiger partial charge in [-0.05, 0) is 65.6 Å². The molecule has 0 spiro atoms. The molecule has 0 saturated carbocycles. The van der Waals surface area contributed by atoms with E-state index in [9.17, 15) is 31.1 Å². The van der Waals surface area contributed by atoms with Gasteiger partial charge in [-0.15, -0.1) is 26.3 Å². The fourth-order valence-corrected chi connectivity index (χ4v) is 4.66. The van der Waals surface area contributed by atoms with Crippen molar-refractivity contribution in [1.82, 2.24) is 5.32 Å². The van der Waals surface area contributed by atoms with E-state index in [0.717, 1.165) is 24.3 Å². The molecule has 0 unspecified atom stereocenters.